The molecule has 0 unspecified atom stereocenters. The van der Waals surface area contributed by atoms with Crippen LogP contribution in [0.3, 0.4) is 0 Å². The van der Waals surface area contributed by atoms with Gasteiger partial charge in [-0.15, -0.1) is 0 Å². The lowest BCUT2D eigenvalue weighted by atomic mass is 9.98. The van der Waals surface area contributed by atoms with Crippen molar-refractivity contribution in [2.45, 2.75) is 38.8 Å². The monoisotopic (exact) mass is 271 g/mol. The van der Waals surface area contributed by atoms with Crippen molar-refractivity contribution in [1.82, 2.24) is 15.6 Å². The fraction of sp³-hybridized carbons (Fsp3) is 0.438. The highest BCUT2D eigenvalue weighted by molar-refractivity contribution is 5.88. The van der Waals surface area contributed by atoms with E-state index in [1.807, 2.05) is 6.07 Å². The number of hydrogen-bond acceptors (Lipinski definition) is 2. The van der Waals surface area contributed by atoms with Crippen LogP contribution in [0.15, 0.2) is 24.3 Å². The third-order valence-electron chi connectivity index (χ3n) is 3.98. The maximum Gasteiger partial charge on any atom is 0.237 e. The smallest absolute Gasteiger partial charge is 0.237 e. The van der Waals surface area contributed by atoms with Crippen molar-refractivity contribution in [3.63, 3.8) is 0 Å². The lowest BCUT2D eigenvalue weighted by Crippen LogP contribution is -2.47. The molecule has 1 aromatic carbocycles. The fourth-order valence-corrected chi connectivity index (χ4v) is 2.84. The second kappa shape index (κ2) is 5.67. The second-order valence-electron chi connectivity index (χ2n) is 5.41. The number of para-hydroxylation sites is 1. The first-order valence-electron chi connectivity index (χ1n) is 7.39. The van der Waals surface area contributed by atoms with Gasteiger partial charge in [0.15, 0.2) is 0 Å². The minimum atomic E-state index is -0.112. The molecule has 4 heteroatoms. The van der Waals surface area contributed by atoms with E-state index in [2.05, 4.69) is 40.7 Å². The van der Waals surface area contributed by atoms with Crippen molar-refractivity contribution in [2.75, 3.05) is 6.54 Å². The average Bonchev–Trinajstić information content (AvgIpc) is 2.85. The lowest BCUT2D eigenvalue weighted by molar-refractivity contribution is -0.123. The summed E-state index contributed by atoms with van der Waals surface area (Å²) in [4.78, 5) is 15.6. The zero-order valence-electron chi connectivity index (χ0n) is 11.8. The van der Waals surface area contributed by atoms with Crippen LogP contribution in [0.1, 0.15) is 31.0 Å². The van der Waals surface area contributed by atoms with E-state index in [0.717, 1.165) is 37.9 Å². The zero-order chi connectivity index (χ0) is 13.9. The van der Waals surface area contributed by atoms with E-state index in [1.54, 1.807) is 0 Å². The van der Waals surface area contributed by atoms with Crippen molar-refractivity contribution >= 4 is 16.8 Å². The molecular formula is C16H21N3O. The van der Waals surface area contributed by atoms with Crippen LogP contribution in [-0.4, -0.2) is 23.5 Å². The third kappa shape index (κ3) is 2.43. The molecule has 0 fully saturated rings. The molecule has 20 heavy (non-hydrogen) atoms. The van der Waals surface area contributed by atoms with Crippen LogP contribution in [0.25, 0.3) is 10.9 Å². The predicted molar refractivity (Wildman–Crippen MR) is 80.5 cm³/mol. The average molecular weight is 271 g/mol. The van der Waals surface area contributed by atoms with E-state index in [9.17, 15) is 4.79 Å². The molecule has 0 radical (unpaired) electrons. The number of benzene rings is 1. The number of carbonyl (C=O) groups excluding carboxylic acids is 1. The maximum absolute atomic E-state index is 12.2. The number of hydrogen-bond donors (Lipinski definition) is 3. The van der Waals surface area contributed by atoms with E-state index in [0.29, 0.717) is 0 Å². The first-order chi connectivity index (χ1) is 9.79. The molecule has 1 atom stereocenters. The van der Waals surface area contributed by atoms with Crippen molar-refractivity contribution in [3.8, 4) is 0 Å². The van der Waals surface area contributed by atoms with Gasteiger partial charge < -0.3 is 10.3 Å². The van der Waals surface area contributed by atoms with Gasteiger partial charge in [-0.2, -0.15) is 0 Å². The van der Waals surface area contributed by atoms with E-state index in [1.165, 1.54) is 16.6 Å². The van der Waals surface area contributed by atoms with Gasteiger partial charge in [0.05, 0.1) is 6.04 Å². The summed E-state index contributed by atoms with van der Waals surface area (Å²) in [7, 11) is 0. The third-order valence-corrected chi connectivity index (χ3v) is 3.98. The maximum atomic E-state index is 12.2. The quantitative estimate of drug-likeness (QED) is 0.746. The molecule has 106 valence electrons. The van der Waals surface area contributed by atoms with Gasteiger partial charge in [-0.25, -0.2) is 0 Å². The van der Waals surface area contributed by atoms with Gasteiger partial charge in [-0.05, 0) is 24.5 Å². The molecule has 1 aromatic heterocycles. The normalized spacial score (nSPS) is 17.9. The van der Waals surface area contributed by atoms with Gasteiger partial charge in [0, 0.05) is 29.7 Å². The summed E-state index contributed by atoms with van der Waals surface area (Å²) >= 11 is 0. The van der Waals surface area contributed by atoms with Gasteiger partial charge in [0.2, 0.25) is 5.91 Å². The van der Waals surface area contributed by atoms with E-state index < -0.39 is 0 Å². The number of nitrogens with one attached hydrogen (secondary N) is 3. The van der Waals surface area contributed by atoms with Crippen molar-refractivity contribution < 1.29 is 4.79 Å². The summed E-state index contributed by atoms with van der Waals surface area (Å²) in [5.41, 5.74) is 3.66. The molecule has 0 aliphatic carbocycles. The summed E-state index contributed by atoms with van der Waals surface area (Å²) in [5.74, 6) is 0.120. The van der Waals surface area contributed by atoms with Crippen molar-refractivity contribution in [2.24, 2.45) is 0 Å². The molecule has 4 nitrogen and oxygen atoms in total. The number of H-pyrrole nitrogens is 1. The van der Waals surface area contributed by atoms with Crippen LogP contribution in [0.5, 0.6) is 0 Å². The molecule has 0 saturated heterocycles. The van der Waals surface area contributed by atoms with Gasteiger partial charge in [0.1, 0.15) is 0 Å². The van der Waals surface area contributed by atoms with E-state index in [4.69, 9.17) is 0 Å². The molecule has 0 spiro atoms. The van der Waals surface area contributed by atoms with E-state index >= 15 is 0 Å². The van der Waals surface area contributed by atoms with Crippen molar-refractivity contribution in [1.29, 1.82) is 0 Å². The van der Waals surface area contributed by atoms with Crippen LogP contribution in [0.2, 0.25) is 0 Å². The van der Waals surface area contributed by atoms with Crippen LogP contribution in [0.4, 0.5) is 0 Å². The molecule has 2 heterocycles. The largest absolute Gasteiger partial charge is 0.357 e. The Morgan fingerprint density at radius 1 is 1.40 bits per heavy atom. The highest BCUT2D eigenvalue weighted by Gasteiger charge is 2.26. The predicted octanol–water partition coefficient (Wildman–Crippen LogP) is 2.10. The minimum Gasteiger partial charge on any atom is -0.357 e. The Kier molecular flexibility index (Phi) is 3.74. The first kappa shape index (κ1) is 13.2. The highest BCUT2D eigenvalue weighted by atomic mass is 16.2. The molecule has 3 rings (SSSR count). The van der Waals surface area contributed by atoms with Gasteiger partial charge in [0.25, 0.3) is 0 Å². The molecule has 1 aliphatic heterocycles. The number of amides is 1. The topological polar surface area (TPSA) is 56.9 Å². The summed E-state index contributed by atoms with van der Waals surface area (Å²) in [6.45, 7) is 3.63. The van der Waals surface area contributed by atoms with Crippen LogP contribution in [0, 0.1) is 0 Å². The second-order valence-corrected chi connectivity index (χ2v) is 5.41. The summed E-state index contributed by atoms with van der Waals surface area (Å²) in [6, 6.07) is 8.19. The standard InChI is InChI=1S/C16H21N3O/c1-2-3-8-17-16(20)14-9-12-11-6-4-5-7-13(11)19-15(12)10-18-14/h4-7,14,18-19H,2-3,8-10H2,1H3,(H,17,20)/t14-/m1/s1. The molecule has 0 saturated carbocycles. The molecule has 1 amide bonds. The van der Waals surface area contributed by atoms with Crippen LogP contribution < -0.4 is 10.6 Å². The Labute approximate surface area is 118 Å². The molecule has 1 aliphatic rings. The van der Waals surface area contributed by atoms with Crippen molar-refractivity contribution in [3.05, 3.63) is 35.5 Å². The van der Waals surface area contributed by atoms with Gasteiger partial charge >= 0.3 is 0 Å². The lowest BCUT2D eigenvalue weighted by Gasteiger charge is -2.23. The number of unbranched alkanes of at least 4 members (excludes halogenated alkanes) is 1. The number of rotatable bonds is 4. The molecular weight excluding hydrogens is 250 g/mol. The highest BCUT2D eigenvalue weighted by Crippen LogP contribution is 2.26. The summed E-state index contributed by atoms with van der Waals surface area (Å²) in [6.07, 6.45) is 2.90. The molecule has 3 N–H and O–H groups in total. The number of fused-ring (bicyclic) bond motifs is 3. The SMILES string of the molecule is CCCCNC(=O)[C@H]1Cc2c([nH]c3ccccc23)CN1. The summed E-state index contributed by atoms with van der Waals surface area (Å²) in [5, 5.41) is 7.58. The number of aromatic amines is 1. The Morgan fingerprint density at radius 2 is 2.25 bits per heavy atom. The zero-order valence-corrected chi connectivity index (χ0v) is 11.8. The number of carbonyl (C=O) groups is 1. The Balaban J connectivity index is 1.76. The van der Waals surface area contributed by atoms with Gasteiger partial charge in [-0.1, -0.05) is 31.5 Å². The molecule has 2 aromatic rings. The Morgan fingerprint density at radius 3 is 3.10 bits per heavy atom. The first-order valence-corrected chi connectivity index (χ1v) is 7.39. The van der Waals surface area contributed by atoms with Crippen LogP contribution >= 0.6 is 0 Å². The fourth-order valence-electron chi connectivity index (χ4n) is 2.84. The summed E-state index contributed by atoms with van der Waals surface area (Å²) < 4.78 is 0. The molecule has 0 bridgehead atoms. The number of aromatic nitrogens is 1. The van der Waals surface area contributed by atoms with Crippen LogP contribution in [-0.2, 0) is 17.8 Å². The Bertz CT molecular complexity index is 617. The minimum absolute atomic E-state index is 0.112. The Hall–Kier alpha value is -1.81. The van der Waals surface area contributed by atoms with Gasteiger partial charge in [-0.3, -0.25) is 10.1 Å². The van der Waals surface area contributed by atoms with E-state index in [-0.39, 0.29) is 11.9 Å².